The van der Waals surface area contributed by atoms with Crippen LogP contribution in [0.1, 0.15) is 39.3 Å². The second kappa shape index (κ2) is 6.02. The highest BCUT2D eigenvalue weighted by atomic mass is 19.1. The van der Waals surface area contributed by atoms with Gasteiger partial charge in [-0.25, -0.2) is 4.39 Å². The maximum absolute atomic E-state index is 13.7. The quantitative estimate of drug-likeness (QED) is 0.894. The first kappa shape index (κ1) is 15.8. The average Bonchev–Trinajstić information content (AvgIpc) is 2.42. The third-order valence-corrected chi connectivity index (χ3v) is 4.11. The zero-order valence-corrected chi connectivity index (χ0v) is 13.2. The van der Waals surface area contributed by atoms with Crippen molar-refractivity contribution in [2.75, 3.05) is 24.5 Å². The molecule has 1 aliphatic rings. The zero-order chi connectivity index (χ0) is 15.6. The number of halogens is 1. The molecule has 116 valence electrons. The lowest BCUT2D eigenvalue weighted by molar-refractivity contribution is -0.126. The first-order chi connectivity index (χ1) is 9.87. The highest BCUT2D eigenvalue weighted by Crippen LogP contribution is 2.33. The Hall–Kier alpha value is -1.62. The smallest absolute Gasteiger partial charge is 0.245 e. The van der Waals surface area contributed by atoms with Crippen LogP contribution in [0.2, 0.25) is 0 Å². The van der Waals surface area contributed by atoms with Crippen LogP contribution in [-0.4, -0.2) is 31.1 Å². The Morgan fingerprint density at radius 1 is 1.48 bits per heavy atom. The average molecular weight is 293 g/mol. The van der Waals surface area contributed by atoms with E-state index < -0.39 is 5.54 Å². The molecule has 1 unspecified atom stereocenters. The first-order valence-electron chi connectivity index (χ1n) is 7.46. The molecule has 1 aliphatic heterocycles. The number of hydrogen-bond donors (Lipinski definition) is 2. The zero-order valence-electron chi connectivity index (χ0n) is 13.2. The first-order valence-corrected chi connectivity index (χ1v) is 7.46. The Labute approximate surface area is 125 Å². The number of nitrogens with zero attached hydrogens (tertiary/aromatic N) is 1. The highest BCUT2D eigenvalue weighted by Gasteiger charge is 2.38. The molecule has 0 radical (unpaired) electrons. The molecule has 1 amide bonds. The van der Waals surface area contributed by atoms with E-state index in [9.17, 15) is 9.18 Å². The predicted octanol–water partition coefficient (Wildman–Crippen LogP) is 2.21. The van der Waals surface area contributed by atoms with Gasteiger partial charge in [-0.1, -0.05) is 6.92 Å². The van der Waals surface area contributed by atoms with Crippen LogP contribution in [0.15, 0.2) is 18.2 Å². The standard InChI is InChI=1S/C16H24FN3O/c1-5-18-11(2)13-10-12(17)6-7-14(13)20-9-8-19-15(21)16(20,3)4/h6-7,10-11,18H,5,8-9H2,1-4H3,(H,19,21). The van der Waals surface area contributed by atoms with E-state index in [0.717, 1.165) is 24.3 Å². The molecule has 0 aliphatic carbocycles. The van der Waals surface area contributed by atoms with Gasteiger partial charge in [-0.3, -0.25) is 4.79 Å². The van der Waals surface area contributed by atoms with Crippen LogP contribution in [0.4, 0.5) is 10.1 Å². The fraction of sp³-hybridized carbons (Fsp3) is 0.562. The Bertz CT molecular complexity index is 530. The minimum absolute atomic E-state index is 0.000119. The van der Waals surface area contributed by atoms with Crippen LogP contribution in [-0.2, 0) is 4.79 Å². The Morgan fingerprint density at radius 2 is 2.19 bits per heavy atom. The van der Waals surface area contributed by atoms with Crippen LogP contribution < -0.4 is 15.5 Å². The number of carbonyl (C=O) groups is 1. The Kier molecular flexibility index (Phi) is 4.52. The van der Waals surface area contributed by atoms with Gasteiger partial charge in [0.05, 0.1) is 0 Å². The molecule has 4 nitrogen and oxygen atoms in total. The number of rotatable bonds is 4. The molecule has 1 heterocycles. The largest absolute Gasteiger partial charge is 0.355 e. The van der Waals surface area contributed by atoms with Crippen molar-refractivity contribution in [2.24, 2.45) is 0 Å². The number of benzene rings is 1. The molecular formula is C16H24FN3O. The van der Waals surface area contributed by atoms with E-state index in [0.29, 0.717) is 6.54 Å². The van der Waals surface area contributed by atoms with Crippen molar-refractivity contribution < 1.29 is 9.18 Å². The van der Waals surface area contributed by atoms with Crippen LogP contribution in [0.5, 0.6) is 0 Å². The molecule has 1 aromatic rings. The molecule has 5 heteroatoms. The lowest BCUT2D eigenvalue weighted by Crippen LogP contribution is -2.62. The summed E-state index contributed by atoms with van der Waals surface area (Å²) in [5.74, 6) is -0.252. The van der Waals surface area contributed by atoms with Gasteiger partial charge in [-0.15, -0.1) is 0 Å². The maximum atomic E-state index is 13.7. The summed E-state index contributed by atoms with van der Waals surface area (Å²) in [5, 5.41) is 6.20. The van der Waals surface area contributed by atoms with E-state index in [4.69, 9.17) is 0 Å². The van der Waals surface area contributed by atoms with Gasteiger partial charge in [0, 0.05) is 24.8 Å². The van der Waals surface area contributed by atoms with E-state index in [1.54, 1.807) is 12.1 Å². The molecule has 2 rings (SSSR count). The van der Waals surface area contributed by atoms with Crippen molar-refractivity contribution in [3.8, 4) is 0 Å². The highest BCUT2D eigenvalue weighted by molar-refractivity contribution is 5.90. The van der Waals surface area contributed by atoms with E-state index in [2.05, 4.69) is 15.5 Å². The number of amides is 1. The number of anilines is 1. The molecule has 2 N–H and O–H groups in total. The lowest BCUT2D eigenvalue weighted by Gasteiger charge is -2.44. The second-order valence-corrected chi connectivity index (χ2v) is 5.95. The summed E-state index contributed by atoms with van der Waals surface area (Å²) in [7, 11) is 0. The molecule has 1 atom stereocenters. The van der Waals surface area contributed by atoms with Gasteiger partial charge in [0.1, 0.15) is 11.4 Å². The minimum atomic E-state index is -0.642. The van der Waals surface area contributed by atoms with Crippen LogP contribution in [0.25, 0.3) is 0 Å². The number of piperazine rings is 1. The molecule has 1 saturated heterocycles. The number of hydrogen-bond acceptors (Lipinski definition) is 3. The van der Waals surface area contributed by atoms with Gasteiger partial charge in [0.15, 0.2) is 0 Å². The van der Waals surface area contributed by atoms with Gasteiger partial charge in [-0.05, 0) is 51.1 Å². The molecule has 0 spiro atoms. The van der Waals surface area contributed by atoms with Crippen molar-refractivity contribution in [2.45, 2.75) is 39.3 Å². The molecular weight excluding hydrogens is 269 g/mol. The SMILES string of the molecule is CCNC(C)c1cc(F)ccc1N1CCNC(=O)C1(C)C. The summed E-state index contributed by atoms with van der Waals surface area (Å²) >= 11 is 0. The normalized spacial score (nSPS) is 19.3. The summed E-state index contributed by atoms with van der Waals surface area (Å²) in [6.07, 6.45) is 0. The molecule has 0 aromatic heterocycles. The molecule has 21 heavy (non-hydrogen) atoms. The second-order valence-electron chi connectivity index (χ2n) is 5.95. The summed E-state index contributed by atoms with van der Waals surface area (Å²) in [6, 6.07) is 4.82. The van der Waals surface area contributed by atoms with Gasteiger partial charge in [-0.2, -0.15) is 0 Å². The van der Waals surface area contributed by atoms with E-state index in [1.165, 1.54) is 6.07 Å². The molecule has 1 aromatic carbocycles. The third-order valence-electron chi connectivity index (χ3n) is 4.11. The van der Waals surface area contributed by atoms with E-state index >= 15 is 0 Å². The molecule has 1 fully saturated rings. The predicted molar refractivity (Wildman–Crippen MR) is 82.9 cm³/mol. The number of carbonyl (C=O) groups excluding carboxylic acids is 1. The molecule has 0 saturated carbocycles. The van der Waals surface area contributed by atoms with Crippen LogP contribution in [0.3, 0.4) is 0 Å². The fourth-order valence-electron chi connectivity index (χ4n) is 2.86. The van der Waals surface area contributed by atoms with Crippen LogP contribution in [0, 0.1) is 5.82 Å². The van der Waals surface area contributed by atoms with Crippen molar-refractivity contribution in [3.05, 3.63) is 29.6 Å². The molecule has 0 bridgehead atoms. The van der Waals surface area contributed by atoms with Crippen molar-refractivity contribution in [3.63, 3.8) is 0 Å². The monoisotopic (exact) mass is 293 g/mol. The number of nitrogens with one attached hydrogen (secondary N) is 2. The van der Waals surface area contributed by atoms with Gasteiger partial charge in [0.2, 0.25) is 5.91 Å². The maximum Gasteiger partial charge on any atom is 0.245 e. The summed E-state index contributed by atoms with van der Waals surface area (Å²) in [6.45, 7) is 9.96. The van der Waals surface area contributed by atoms with Gasteiger partial charge in [0.25, 0.3) is 0 Å². The van der Waals surface area contributed by atoms with E-state index in [1.807, 2.05) is 27.7 Å². The van der Waals surface area contributed by atoms with Crippen molar-refractivity contribution in [1.82, 2.24) is 10.6 Å². The van der Waals surface area contributed by atoms with Gasteiger partial charge >= 0.3 is 0 Å². The topological polar surface area (TPSA) is 44.4 Å². The third kappa shape index (κ3) is 3.02. The summed E-state index contributed by atoms with van der Waals surface area (Å²) in [4.78, 5) is 14.2. The van der Waals surface area contributed by atoms with Gasteiger partial charge < -0.3 is 15.5 Å². The van der Waals surface area contributed by atoms with E-state index in [-0.39, 0.29) is 17.8 Å². The Morgan fingerprint density at radius 3 is 2.86 bits per heavy atom. The summed E-state index contributed by atoms with van der Waals surface area (Å²) in [5.41, 5.74) is 1.17. The lowest BCUT2D eigenvalue weighted by atomic mass is 9.95. The minimum Gasteiger partial charge on any atom is -0.355 e. The van der Waals surface area contributed by atoms with Crippen LogP contribution >= 0.6 is 0 Å². The van der Waals surface area contributed by atoms with Crippen molar-refractivity contribution in [1.29, 1.82) is 0 Å². The Balaban J connectivity index is 2.45. The van der Waals surface area contributed by atoms with Crippen molar-refractivity contribution >= 4 is 11.6 Å². The summed E-state index contributed by atoms with van der Waals surface area (Å²) < 4.78 is 13.7. The fourth-order valence-corrected chi connectivity index (χ4v) is 2.86.